The summed E-state index contributed by atoms with van der Waals surface area (Å²) in [5.41, 5.74) is 2.36. The molecule has 24 heavy (non-hydrogen) atoms. The number of hydrogen-bond donors (Lipinski definition) is 1. The van der Waals surface area contributed by atoms with E-state index in [9.17, 15) is 0 Å². The van der Waals surface area contributed by atoms with Crippen molar-refractivity contribution in [3.05, 3.63) is 54.0 Å². The average molecular weight is 345 g/mol. The minimum absolute atomic E-state index is 0.104. The van der Waals surface area contributed by atoms with Gasteiger partial charge in [0, 0.05) is 12.2 Å². The summed E-state index contributed by atoms with van der Waals surface area (Å²) in [6.07, 6.45) is 3.78. The first-order valence-corrected chi connectivity index (χ1v) is 9.12. The van der Waals surface area contributed by atoms with Crippen molar-refractivity contribution in [1.29, 1.82) is 0 Å². The Bertz CT molecular complexity index is 637. The van der Waals surface area contributed by atoms with Gasteiger partial charge in [-0.2, -0.15) is 0 Å². The van der Waals surface area contributed by atoms with Gasteiger partial charge < -0.3 is 14.6 Å². The van der Waals surface area contributed by atoms with Crippen LogP contribution in [-0.4, -0.2) is 16.6 Å². The zero-order chi connectivity index (χ0) is 17.5. The van der Waals surface area contributed by atoms with Crippen LogP contribution < -0.4 is 5.32 Å². The first kappa shape index (κ1) is 18.5. The van der Waals surface area contributed by atoms with Crippen LogP contribution in [0.5, 0.6) is 0 Å². The zero-order valence-corrected chi connectivity index (χ0v) is 15.9. The molecule has 1 aromatic carbocycles. The highest BCUT2D eigenvalue weighted by atomic mass is 32.1. The Morgan fingerprint density at radius 2 is 1.92 bits per heavy atom. The fraction of sp³-hybridized carbons (Fsp3) is 0.450. The molecule has 0 saturated carbocycles. The number of nitrogens with one attached hydrogen (secondary N) is 1. The van der Waals surface area contributed by atoms with E-state index in [1.807, 2.05) is 18.2 Å². The first-order chi connectivity index (χ1) is 11.5. The molecule has 0 unspecified atom stereocenters. The third kappa shape index (κ3) is 4.84. The summed E-state index contributed by atoms with van der Waals surface area (Å²) < 4.78 is 5.60. The van der Waals surface area contributed by atoms with Gasteiger partial charge in [0.25, 0.3) is 0 Å². The second-order valence-corrected chi connectivity index (χ2v) is 6.89. The monoisotopic (exact) mass is 344 g/mol. The van der Waals surface area contributed by atoms with Crippen molar-refractivity contribution in [1.82, 2.24) is 4.90 Å². The van der Waals surface area contributed by atoms with E-state index in [1.54, 1.807) is 6.26 Å². The molecule has 1 aromatic heterocycles. The molecule has 0 spiro atoms. The van der Waals surface area contributed by atoms with Crippen LogP contribution in [0.15, 0.2) is 47.1 Å². The topological polar surface area (TPSA) is 28.4 Å². The number of rotatable bonds is 7. The van der Waals surface area contributed by atoms with Crippen LogP contribution in [0.1, 0.15) is 51.5 Å². The van der Waals surface area contributed by atoms with E-state index < -0.39 is 0 Å². The summed E-state index contributed by atoms with van der Waals surface area (Å²) in [5, 5.41) is 4.19. The van der Waals surface area contributed by atoms with Crippen molar-refractivity contribution >= 4 is 23.0 Å². The number of nitrogens with zero attached hydrogens (tertiary/aromatic N) is 1. The predicted octanol–water partition coefficient (Wildman–Crippen LogP) is 5.65. The Hall–Kier alpha value is -1.81. The Labute approximate surface area is 151 Å². The first-order valence-electron chi connectivity index (χ1n) is 8.71. The molecule has 4 heteroatoms. The van der Waals surface area contributed by atoms with Crippen LogP contribution in [0.4, 0.5) is 5.69 Å². The number of thiocarbonyl (C=S) groups is 1. The van der Waals surface area contributed by atoms with E-state index in [2.05, 4.69) is 56.1 Å². The molecule has 0 aliphatic heterocycles. The summed E-state index contributed by atoms with van der Waals surface area (Å²) in [7, 11) is 0. The molecule has 3 nitrogen and oxygen atoms in total. The van der Waals surface area contributed by atoms with E-state index in [-0.39, 0.29) is 6.04 Å². The van der Waals surface area contributed by atoms with Crippen LogP contribution in [0, 0.1) is 5.92 Å². The molecule has 0 aliphatic rings. The van der Waals surface area contributed by atoms with E-state index in [0.717, 1.165) is 35.9 Å². The molecule has 0 saturated heterocycles. The standard InChI is InChI=1S/C20H28N2OS/c1-5-17-9-6-7-10-18(17)21-20(24)22(13-12-15(2)3)16(4)19-11-8-14-23-19/h6-11,14-16H,5,12-13H2,1-4H3,(H,21,24)/t16-/m1/s1. The summed E-state index contributed by atoms with van der Waals surface area (Å²) in [6.45, 7) is 9.67. The lowest BCUT2D eigenvalue weighted by atomic mass is 10.1. The van der Waals surface area contributed by atoms with Gasteiger partial charge in [-0.3, -0.25) is 0 Å². The lowest BCUT2D eigenvalue weighted by Gasteiger charge is -2.31. The van der Waals surface area contributed by atoms with Gasteiger partial charge in [-0.1, -0.05) is 39.0 Å². The van der Waals surface area contributed by atoms with E-state index in [4.69, 9.17) is 16.6 Å². The minimum atomic E-state index is 0.104. The second kappa shape index (κ2) is 8.88. The van der Waals surface area contributed by atoms with Crippen molar-refractivity contribution < 1.29 is 4.42 Å². The quantitative estimate of drug-likeness (QED) is 0.657. The molecule has 1 N–H and O–H groups in total. The molecule has 0 radical (unpaired) electrons. The highest BCUT2D eigenvalue weighted by Gasteiger charge is 2.21. The van der Waals surface area contributed by atoms with Gasteiger partial charge in [-0.15, -0.1) is 0 Å². The normalized spacial score (nSPS) is 12.2. The fourth-order valence-corrected chi connectivity index (χ4v) is 3.05. The third-order valence-corrected chi connectivity index (χ3v) is 4.61. The Morgan fingerprint density at radius 1 is 1.17 bits per heavy atom. The number of para-hydroxylation sites is 1. The van der Waals surface area contributed by atoms with Crippen molar-refractivity contribution in [2.24, 2.45) is 5.92 Å². The number of hydrogen-bond acceptors (Lipinski definition) is 2. The third-order valence-electron chi connectivity index (χ3n) is 4.27. The predicted molar refractivity (Wildman–Crippen MR) is 105 cm³/mol. The van der Waals surface area contributed by atoms with Crippen molar-refractivity contribution in [2.45, 2.75) is 46.6 Å². The van der Waals surface area contributed by atoms with Gasteiger partial charge in [-0.25, -0.2) is 0 Å². The maximum absolute atomic E-state index is 5.74. The number of anilines is 1. The zero-order valence-electron chi connectivity index (χ0n) is 15.1. The summed E-state index contributed by atoms with van der Waals surface area (Å²) in [5.74, 6) is 1.56. The lowest BCUT2D eigenvalue weighted by molar-refractivity contribution is 0.281. The molecule has 2 aromatic rings. The van der Waals surface area contributed by atoms with E-state index in [1.165, 1.54) is 5.56 Å². The molecular weight excluding hydrogens is 316 g/mol. The van der Waals surface area contributed by atoms with Crippen molar-refractivity contribution in [2.75, 3.05) is 11.9 Å². The number of aryl methyl sites for hydroxylation is 1. The number of benzene rings is 1. The second-order valence-electron chi connectivity index (χ2n) is 6.51. The Balaban J connectivity index is 2.17. The molecule has 0 bridgehead atoms. The van der Waals surface area contributed by atoms with Gasteiger partial charge in [0.1, 0.15) is 5.76 Å². The maximum atomic E-state index is 5.74. The van der Waals surface area contributed by atoms with E-state index in [0.29, 0.717) is 5.92 Å². The lowest BCUT2D eigenvalue weighted by Crippen LogP contribution is -2.38. The maximum Gasteiger partial charge on any atom is 0.174 e. The van der Waals surface area contributed by atoms with Crippen molar-refractivity contribution in [3.8, 4) is 0 Å². The molecular formula is C20H28N2OS. The van der Waals surface area contributed by atoms with Crippen molar-refractivity contribution in [3.63, 3.8) is 0 Å². The van der Waals surface area contributed by atoms with Crippen LogP contribution in [0.2, 0.25) is 0 Å². The van der Waals surface area contributed by atoms with Gasteiger partial charge in [0.15, 0.2) is 5.11 Å². The highest BCUT2D eigenvalue weighted by Crippen LogP contribution is 2.24. The summed E-state index contributed by atoms with van der Waals surface area (Å²) >= 11 is 5.74. The average Bonchev–Trinajstić information content (AvgIpc) is 3.09. The van der Waals surface area contributed by atoms with E-state index >= 15 is 0 Å². The van der Waals surface area contributed by atoms with Crippen LogP contribution in [0.3, 0.4) is 0 Å². The molecule has 1 atom stereocenters. The van der Waals surface area contributed by atoms with Crippen LogP contribution >= 0.6 is 12.2 Å². The van der Waals surface area contributed by atoms with Gasteiger partial charge in [0.05, 0.1) is 12.3 Å². The molecule has 1 heterocycles. The molecule has 0 aliphatic carbocycles. The molecule has 0 amide bonds. The highest BCUT2D eigenvalue weighted by molar-refractivity contribution is 7.80. The smallest absolute Gasteiger partial charge is 0.174 e. The van der Waals surface area contributed by atoms with Gasteiger partial charge >= 0.3 is 0 Å². The van der Waals surface area contributed by atoms with Crippen LogP contribution in [0.25, 0.3) is 0 Å². The SMILES string of the molecule is CCc1ccccc1NC(=S)N(CCC(C)C)[C@H](C)c1ccco1. The Morgan fingerprint density at radius 3 is 2.54 bits per heavy atom. The molecule has 0 fully saturated rings. The largest absolute Gasteiger partial charge is 0.467 e. The molecule has 2 rings (SSSR count). The van der Waals surface area contributed by atoms with Gasteiger partial charge in [-0.05, 0) is 61.7 Å². The molecule has 130 valence electrons. The fourth-order valence-electron chi connectivity index (χ4n) is 2.69. The van der Waals surface area contributed by atoms with Gasteiger partial charge in [0.2, 0.25) is 0 Å². The van der Waals surface area contributed by atoms with Crippen LogP contribution in [-0.2, 0) is 6.42 Å². The summed E-state index contributed by atoms with van der Waals surface area (Å²) in [6, 6.07) is 12.4. The summed E-state index contributed by atoms with van der Waals surface area (Å²) in [4.78, 5) is 2.22. The Kier molecular flexibility index (Phi) is 6.85. The minimum Gasteiger partial charge on any atom is -0.467 e. The number of furan rings is 1.